The van der Waals surface area contributed by atoms with Crippen molar-refractivity contribution in [1.82, 2.24) is 14.8 Å². The van der Waals surface area contributed by atoms with E-state index in [1.807, 2.05) is 48.5 Å². The highest BCUT2D eigenvalue weighted by Crippen LogP contribution is 2.31. The van der Waals surface area contributed by atoms with E-state index in [0.717, 1.165) is 22.4 Å². The van der Waals surface area contributed by atoms with E-state index in [4.69, 9.17) is 9.47 Å². The molecule has 4 aromatic rings. The van der Waals surface area contributed by atoms with Gasteiger partial charge in [-0.2, -0.15) is 5.10 Å². The number of rotatable bonds is 6. The van der Waals surface area contributed by atoms with E-state index in [0.29, 0.717) is 26.4 Å². The van der Waals surface area contributed by atoms with Crippen LogP contribution < -0.4 is 19.6 Å². The number of methoxy groups -OCH3 is 1. The van der Waals surface area contributed by atoms with Gasteiger partial charge in [-0.05, 0) is 37.6 Å². The zero-order valence-corrected chi connectivity index (χ0v) is 20.8. The Morgan fingerprint density at radius 2 is 1.92 bits per heavy atom. The monoisotopic (exact) mass is 500 g/mol. The Morgan fingerprint density at radius 1 is 1.17 bits per heavy atom. The molecule has 5 rings (SSSR count). The van der Waals surface area contributed by atoms with Gasteiger partial charge >= 0.3 is 5.97 Å². The van der Waals surface area contributed by atoms with Crippen molar-refractivity contribution in [2.45, 2.75) is 19.9 Å². The van der Waals surface area contributed by atoms with Crippen molar-refractivity contribution in [3.05, 3.63) is 103 Å². The molecule has 3 heterocycles. The van der Waals surface area contributed by atoms with E-state index in [1.165, 1.54) is 11.3 Å². The molecule has 1 atom stereocenters. The largest absolute Gasteiger partial charge is 0.497 e. The van der Waals surface area contributed by atoms with Gasteiger partial charge in [-0.15, -0.1) is 0 Å². The molecule has 1 aliphatic heterocycles. The summed E-state index contributed by atoms with van der Waals surface area (Å²) in [7, 11) is 1.59. The van der Waals surface area contributed by atoms with Crippen LogP contribution in [0.25, 0.3) is 17.3 Å². The van der Waals surface area contributed by atoms with Crippen LogP contribution in [0.1, 0.15) is 31.0 Å². The Bertz CT molecular complexity index is 1630. The average Bonchev–Trinajstić information content (AvgIpc) is 3.48. The second-order valence-electron chi connectivity index (χ2n) is 8.14. The number of carbonyl (C=O) groups is 1. The number of esters is 1. The van der Waals surface area contributed by atoms with E-state index in [1.54, 1.807) is 43.9 Å². The topological polar surface area (TPSA) is 98.6 Å². The van der Waals surface area contributed by atoms with Gasteiger partial charge in [0.1, 0.15) is 5.75 Å². The summed E-state index contributed by atoms with van der Waals surface area (Å²) in [5, 5.41) is 7.21. The number of carbonyl (C=O) groups excluding carboxylic acids is 1. The van der Waals surface area contributed by atoms with Gasteiger partial charge in [0.2, 0.25) is 0 Å². The number of aromatic nitrogens is 3. The van der Waals surface area contributed by atoms with Crippen LogP contribution in [0.3, 0.4) is 0 Å². The minimum atomic E-state index is -0.675. The zero-order chi connectivity index (χ0) is 25.2. The molecule has 0 aliphatic carbocycles. The van der Waals surface area contributed by atoms with Gasteiger partial charge in [0, 0.05) is 11.1 Å². The first-order valence-electron chi connectivity index (χ1n) is 11.4. The number of hydrogen-bond acceptors (Lipinski definition) is 7. The maximum absolute atomic E-state index is 13.8. The van der Waals surface area contributed by atoms with Crippen molar-refractivity contribution in [3.63, 3.8) is 0 Å². The molecule has 0 unspecified atom stereocenters. The molecule has 0 spiro atoms. The molecule has 0 amide bonds. The van der Waals surface area contributed by atoms with Crippen LogP contribution in [0.4, 0.5) is 0 Å². The van der Waals surface area contributed by atoms with Gasteiger partial charge in [0.05, 0.1) is 47.5 Å². The van der Waals surface area contributed by atoms with Gasteiger partial charge in [0.25, 0.3) is 5.56 Å². The molecule has 0 saturated heterocycles. The SMILES string of the molecule is CCOC(=O)C1=C(C)N=c2s/c(=C/c3cn[nH]c3-c3ccccc3)c(=O)n2[C@@H]1c1ccc(OC)cc1. The van der Waals surface area contributed by atoms with Crippen molar-refractivity contribution in [2.75, 3.05) is 13.7 Å². The maximum atomic E-state index is 13.8. The van der Waals surface area contributed by atoms with Crippen LogP contribution in [0, 0.1) is 0 Å². The number of thiazole rings is 1. The fraction of sp³-hybridized carbons (Fsp3) is 0.185. The summed E-state index contributed by atoms with van der Waals surface area (Å²) in [6.07, 6.45) is 3.50. The molecule has 182 valence electrons. The third kappa shape index (κ3) is 4.18. The standard InChI is InChI=1S/C27H24N4O4S/c1-4-35-26(33)22-16(2)29-27-31(24(22)18-10-12-20(34-3)13-11-18)25(32)21(36-27)14-19-15-28-30-23(19)17-8-6-5-7-9-17/h5-15,24H,4H2,1-3H3,(H,28,30)/b21-14+/t24-/m1/s1. The van der Waals surface area contributed by atoms with Crippen LogP contribution in [0.15, 0.2) is 81.9 Å². The van der Waals surface area contributed by atoms with Gasteiger partial charge in [0.15, 0.2) is 4.80 Å². The lowest BCUT2D eigenvalue weighted by Gasteiger charge is -2.24. The minimum absolute atomic E-state index is 0.220. The first-order valence-corrected chi connectivity index (χ1v) is 12.3. The molecule has 1 aliphatic rings. The van der Waals surface area contributed by atoms with Crippen LogP contribution in [-0.2, 0) is 9.53 Å². The lowest BCUT2D eigenvalue weighted by atomic mass is 9.96. The summed E-state index contributed by atoms with van der Waals surface area (Å²) >= 11 is 1.28. The molecule has 2 aromatic heterocycles. The molecule has 0 fully saturated rings. The zero-order valence-electron chi connectivity index (χ0n) is 20.0. The highest BCUT2D eigenvalue weighted by molar-refractivity contribution is 7.07. The Balaban J connectivity index is 1.69. The Kier molecular flexibility index (Phi) is 6.39. The number of nitrogens with one attached hydrogen (secondary N) is 1. The molecule has 8 nitrogen and oxygen atoms in total. The Morgan fingerprint density at radius 3 is 2.61 bits per heavy atom. The predicted molar refractivity (Wildman–Crippen MR) is 137 cm³/mol. The van der Waals surface area contributed by atoms with E-state index in [-0.39, 0.29) is 12.2 Å². The summed E-state index contributed by atoms with van der Waals surface area (Å²) < 4.78 is 12.7. The summed E-state index contributed by atoms with van der Waals surface area (Å²) in [6, 6.07) is 16.4. The molecule has 0 bridgehead atoms. The second-order valence-corrected chi connectivity index (χ2v) is 9.15. The van der Waals surface area contributed by atoms with Gasteiger partial charge in [-0.3, -0.25) is 14.5 Å². The van der Waals surface area contributed by atoms with E-state index in [9.17, 15) is 9.59 Å². The van der Waals surface area contributed by atoms with Crippen molar-refractivity contribution in [1.29, 1.82) is 0 Å². The quantitative estimate of drug-likeness (QED) is 0.410. The lowest BCUT2D eigenvalue weighted by Crippen LogP contribution is -2.39. The van der Waals surface area contributed by atoms with Crippen LogP contribution in [-0.4, -0.2) is 34.5 Å². The number of fused-ring (bicyclic) bond motifs is 1. The van der Waals surface area contributed by atoms with Crippen LogP contribution >= 0.6 is 11.3 Å². The van der Waals surface area contributed by atoms with Gasteiger partial charge in [-0.1, -0.05) is 53.8 Å². The number of benzene rings is 2. The molecule has 2 aromatic carbocycles. The van der Waals surface area contributed by atoms with Crippen LogP contribution in [0.2, 0.25) is 0 Å². The third-order valence-electron chi connectivity index (χ3n) is 5.97. The molecule has 36 heavy (non-hydrogen) atoms. The average molecular weight is 501 g/mol. The Labute approximate surface area is 210 Å². The maximum Gasteiger partial charge on any atom is 0.338 e. The predicted octanol–water partition coefficient (Wildman–Crippen LogP) is 3.20. The van der Waals surface area contributed by atoms with Crippen LogP contribution in [0.5, 0.6) is 5.75 Å². The fourth-order valence-corrected chi connectivity index (χ4v) is 5.31. The lowest BCUT2D eigenvalue weighted by molar-refractivity contribution is -0.139. The van der Waals surface area contributed by atoms with Crippen molar-refractivity contribution in [3.8, 4) is 17.0 Å². The van der Waals surface area contributed by atoms with Crippen molar-refractivity contribution in [2.24, 2.45) is 4.99 Å². The summed E-state index contributed by atoms with van der Waals surface area (Å²) in [5.74, 6) is 0.188. The number of allylic oxidation sites excluding steroid dienone is 1. The first kappa shape index (κ1) is 23.5. The molecule has 0 saturated carbocycles. The molecule has 9 heteroatoms. The molecule has 0 radical (unpaired) electrons. The van der Waals surface area contributed by atoms with E-state index in [2.05, 4.69) is 15.2 Å². The summed E-state index contributed by atoms with van der Waals surface area (Å²) in [4.78, 5) is 31.9. The smallest absolute Gasteiger partial charge is 0.338 e. The highest BCUT2D eigenvalue weighted by atomic mass is 32.1. The molecular formula is C27H24N4O4S. The molecular weight excluding hydrogens is 476 g/mol. The molecule has 1 N–H and O–H groups in total. The Hall–Kier alpha value is -4.24. The fourth-order valence-electron chi connectivity index (χ4n) is 4.28. The van der Waals surface area contributed by atoms with Gasteiger partial charge < -0.3 is 9.47 Å². The van der Waals surface area contributed by atoms with E-state index < -0.39 is 12.0 Å². The number of H-pyrrole nitrogens is 1. The third-order valence-corrected chi connectivity index (χ3v) is 6.95. The first-order chi connectivity index (χ1) is 17.5. The summed E-state index contributed by atoms with van der Waals surface area (Å²) in [5.41, 5.74) is 3.95. The van der Waals surface area contributed by atoms with Crippen molar-refractivity contribution < 1.29 is 14.3 Å². The van der Waals surface area contributed by atoms with Crippen molar-refractivity contribution >= 4 is 23.4 Å². The summed E-state index contributed by atoms with van der Waals surface area (Å²) in [6.45, 7) is 3.74. The second kappa shape index (κ2) is 9.79. The number of ether oxygens (including phenoxy) is 2. The number of nitrogens with zero attached hydrogens (tertiary/aromatic N) is 3. The normalized spacial score (nSPS) is 15.4. The minimum Gasteiger partial charge on any atom is -0.497 e. The number of aromatic amines is 1. The van der Waals surface area contributed by atoms with E-state index >= 15 is 0 Å². The van der Waals surface area contributed by atoms with Gasteiger partial charge in [-0.25, -0.2) is 9.79 Å². The highest BCUT2D eigenvalue weighted by Gasteiger charge is 2.33. The number of hydrogen-bond donors (Lipinski definition) is 1.